The van der Waals surface area contributed by atoms with Crippen LogP contribution in [0.4, 0.5) is 0 Å². The van der Waals surface area contributed by atoms with E-state index in [1.165, 1.54) is 0 Å². The maximum absolute atomic E-state index is 5.49. The highest BCUT2D eigenvalue weighted by molar-refractivity contribution is 5.79. The quantitative estimate of drug-likeness (QED) is 0.410. The molecule has 0 aliphatic rings. The first kappa shape index (κ1) is 17.5. The van der Waals surface area contributed by atoms with Crippen molar-refractivity contribution in [2.24, 2.45) is 4.99 Å². The van der Waals surface area contributed by atoms with Crippen LogP contribution in [-0.4, -0.2) is 58.3 Å². The molecule has 0 fully saturated rings. The molecule has 1 heterocycles. The van der Waals surface area contributed by atoms with Crippen molar-refractivity contribution in [1.29, 1.82) is 0 Å². The van der Waals surface area contributed by atoms with E-state index in [0.717, 1.165) is 44.4 Å². The Morgan fingerprint density at radius 1 is 1.43 bits per heavy atom. The zero-order valence-electron chi connectivity index (χ0n) is 13.6. The number of ether oxygens (including phenoxy) is 1. The molecular formula is C15H28N4O2. The molecule has 6 heteroatoms. The molecule has 21 heavy (non-hydrogen) atoms. The van der Waals surface area contributed by atoms with E-state index in [9.17, 15) is 0 Å². The third-order valence-corrected chi connectivity index (χ3v) is 3.14. The van der Waals surface area contributed by atoms with E-state index in [2.05, 4.69) is 20.5 Å². The van der Waals surface area contributed by atoms with Crippen LogP contribution < -0.4 is 10.6 Å². The fourth-order valence-electron chi connectivity index (χ4n) is 1.96. The van der Waals surface area contributed by atoms with Crippen LogP contribution in [0.3, 0.4) is 0 Å². The van der Waals surface area contributed by atoms with Gasteiger partial charge in [0, 0.05) is 33.4 Å². The van der Waals surface area contributed by atoms with Crippen LogP contribution in [0, 0.1) is 0 Å². The number of hydrogen-bond acceptors (Lipinski definition) is 4. The lowest BCUT2D eigenvalue weighted by Crippen LogP contribution is -2.42. The number of nitrogens with zero attached hydrogens (tertiary/aromatic N) is 2. The first-order chi connectivity index (χ1) is 10.2. The third kappa shape index (κ3) is 6.64. The molecular weight excluding hydrogens is 268 g/mol. The summed E-state index contributed by atoms with van der Waals surface area (Å²) < 4.78 is 10.8. The van der Waals surface area contributed by atoms with E-state index in [-0.39, 0.29) is 6.04 Å². The Balaban J connectivity index is 2.35. The molecule has 0 aliphatic carbocycles. The predicted molar refractivity (Wildman–Crippen MR) is 85.6 cm³/mol. The molecule has 0 radical (unpaired) electrons. The lowest BCUT2D eigenvalue weighted by molar-refractivity contribution is 0.145. The molecule has 6 nitrogen and oxygen atoms in total. The smallest absolute Gasteiger partial charge is 0.191 e. The normalized spacial score (nSPS) is 13.5. The zero-order valence-corrected chi connectivity index (χ0v) is 13.6. The van der Waals surface area contributed by atoms with Crippen molar-refractivity contribution in [2.75, 3.05) is 47.4 Å². The fraction of sp³-hybridized carbons (Fsp3) is 0.667. The van der Waals surface area contributed by atoms with Crippen molar-refractivity contribution in [3.8, 4) is 0 Å². The minimum Gasteiger partial charge on any atom is -0.468 e. The lowest BCUT2D eigenvalue weighted by atomic mass is 10.2. The SMILES string of the molecule is CCOCCCNC(=NC)NCC(c1ccco1)N(C)C. The van der Waals surface area contributed by atoms with Crippen LogP contribution in [0.1, 0.15) is 25.1 Å². The highest BCUT2D eigenvalue weighted by Gasteiger charge is 2.17. The molecule has 0 aliphatic heterocycles. The summed E-state index contributed by atoms with van der Waals surface area (Å²) in [5.41, 5.74) is 0. The molecule has 1 rings (SSSR count). The number of likely N-dealkylation sites (N-methyl/N-ethyl adjacent to an activating group) is 1. The Morgan fingerprint density at radius 3 is 2.81 bits per heavy atom. The van der Waals surface area contributed by atoms with Crippen LogP contribution in [0.25, 0.3) is 0 Å². The summed E-state index contributed by atoms with van der Waals surface area (Å²) in [5.74, 6) is 1.74. The zero-order chi connectivity index (χ0) is 15.5. The number of aliphatic imine (C=N–C) groups is 1. The van der Waals surface area contributed by atoms with Gasteiger partial charge in [0.25, 0.3) is 0 Å². The topological polar surface area (TPSA) is 62.0 Å². The summed E-state index contributed by atoms with van der Waals surface area (Å²) >= 11 is 0. The molecule has 0 amide bonds. The number of furan rings is 1. The molecule has 1 aromatic heterocycles. The maximum atomic E-state index is 5.49. The predicted octanol–water partition coefficient (Wildman–Crippen LogP) is 1.47. The van der Waals surface area contributed by atoms with Crippen molar-refractivity contribution in [2.45, 2.75) is 19.4 Å². The van der Waals surface area contributed by atoms with E-state index in [1.807, 2.05) is 33.2 Å². The van der Waals surface area contributed by atoms with Crippen LogP contribution >= 0.6 is 0 Å². The summed E-state index contributed by atoms with van der Waals surface area (Å²) in [7, 11) is 5.84. The Hall–Kier alpha value is -1.53. The van der Waals surface area contributed by atoms with Gasteiger partial charge in [0.05, 0.1) is 12.3 Å². The highest BCUT2D eigenvalue weighted by atomic mass is 16.5. The van der Waals surface area contributed by atoms with Gasteiger partial charge in [0.1, 0.15) is 5.76 Å². The average molecular weight is 296 g/mol. The van der Waals surface area contributed by atoms with Gasteiger partial charge >= 0.3 is 0 Å². The van der Waals surface area contributed by atoms with Gasteiger partial charge in [-0.1, -0.05) is 0 Å². The van der Waals surface area contributed by atoms with Crippen molar-refractivity contribution in [1.82, 2.24) is 15.5 Å². The Bertz CT molecular complexity index is 390. The molecule has 0 aromatic carbocycles. The van der Waals surface area contributed by atoms with E-state index < -0.39 is 0 Å². The van der Waals surface area contributed by atoms with Gasteiger partial charge in [0.2, 0.25) is 0 Å². The molecule has 1 atom stereocenters. The van der Waals surface area contributed by atoms with E-state index in [0.29, 0.717) is 0 Å². The Kier molecular flexibility index (Phi) is 8.54. The minimum absolute atomic E-state index is 0.168. The second-order valence-corrected chi connectivity index (χ2v) is 4.93. The van der Waals surface area contributed by atoms with Crippen LogP contribution in [-0.2, 0) is 4.74 Å². The van der Waals surface area contributed by atoms with Gasteiger partial charge in [-0.25, -0.2) is 0 Å². The monoisotopic (exact) mass is 296 g/mol. The summed E-state index contributed by atoms with van der Waals surface area (Å²) in [4.78, 5) is 6.34. The van der Waals surface area contributed by atoms with Gasteiger partial charge in [-0.2, -0.15) is 0 Å². The Labute approximate surface area is 127 Å². The summed E-state index contributed by atoms with van der Waals surface area (Å²) in [6.45, 7) is 5.11. The molecule has 120 valence electrons. The van der Waals surface area contributed by atoms with Crippen LogP contribution in [0.2, 0.25) is 0 Å². The number of nitrogens with one attached hydrogen (secondary N) is 2. The molecule has 2 N–H and O–H groups in total. The molecule has 0 saturated carbocycles. The van der Waals surface area contributed by atoms with Gasteiger partial charge < -0.3 is 19.8 Å². The summed E-state index contributed by atoms with van der Waals surface area (Å²) in [5, 5.41) is 6.60. The number of rotatable bonds is 9. The van der Waals surface area contributed by atoms with Gasteiger partial charge in [-0.15, -0.1) is 0 Å². The molecule has 0 bridgehead atoms. The largest absolute Gasteiger partial charge is 0.468 e. The van der Waals surface area contributed by atoms with Crippen molar-refractivity contribution >= 4 is 5.96 Å². The van der Waals surface area contributed by atoms with E-state index in [4.69, 9.17) is 9.15 Å². The first-order valence-electron chi connectivity index (χ1n) is 7.41. The standard InChI is InChI=1S/C15H28N4O2/c1-5-20-10-7-9-17-15(16-2)18-12-13(19(3)4)14-8-6-11-21-14/h6,8,11,13H,5,7,9-10,12H2,1-4H3,(H2,16,17,18). The van der Waals surface area contributed by atoms with Crippen molar-refractivity contribution in [3.05, 3.63) is 24.2 Å². The number of guanidine groups is 1. The summed E-state index contributed by atoms with van der Waals surface area (Å²) in [6, 6.07) is 4.07. The molecule has 0 saturated heterocycles. The second-order valence-electron chi connectivity index (χ2n) is 4.93. The van der Waals surface area contributed by atoms with Crippen LogP contribution in [0.15, 0.2) is 27.8 Å². The maximum Gasteiger partial charge on any atom is 0.191 e. The first-order valence-corrected chi connectivity index (χ1v) is 7.41. The number of hydrogen-bond donors (Lipinski definition) is 2. The minimum atomic E-state index is 0.168. The lowest BCUT2D eigenvalue weighted by Gasteiger charge is -2.23. The van der Waals surface area contributed by atoms with Crippen molar-refractivity contribution in [3.63, 3.8) is 0 Å². The molecule has 0 spiro atoms. The average Bonchev–Trinajstić information content (AvgIpc) is 2.98. The van der Waals surface area contributed by atoms with Crippen LogP contribution in [0.5, 0.6) is 0 Å². The summed E-state index contributed by atoms with van der Waals surface area (Å²) in [6.07, 6.45) is 2.66. The third-order valence-electron chi connectivity index (χ3n) is 3.14. The highest BCUT2D eigenvalue weighted by Crippen LogP contribution is 2.17. The van der Waals surface area contributed by atoms with Gasteiger partial charge in [-0.05, 0) is 39.6 Å². The second kappa shape index (κ2) is 10.2. The van der Waals surface area contributed by atoms with E-state index >= 15 is 0 Å². The fourth-order valence-corrected chi connectivity index (χ4v) is 1.96. The van der Waals surface area contributed by atoms with Gasteiger partial charge in [-0.3, -0.25) is 9.89 Å². The van der Waals surface area contributed by atoms with Gasteiger partial charge in [0.15, 0.2) is 5.96 Å². The van der Waals surface area contributed by atoms with E-state index in [1.54, 1.807) is 13.3 Å². The van der Waals surface area contributed by atoms with Crippen molar-refractivity contribution < 1.29 is 9.15 Å². The molecule has 1 aromatic rings. The Morgan fingerprint density at radius 2 is 2.24 bits per heavy atom. The molecule has 1 unspecified atom stereocenters.